The zero-order valence-corrected chi connectivity index (χ0v) is 11.2. The van der Waals surface area contributed by atoms with Gasteiger partial charge in [0, 0.05) is 38.2 Å². The fraction of sp³-hybridized carbons (Fsp3) is 0.727. The third-order valence-electron chi connectivity index (χ3n) is 2.87. The van der Waals surface area contributed by atoms with E-state index in [1.807, 2.05) is 17.9 Å². The Hall–Kier alpha value is -0.390. The molecule has 2 rings (SSSR count). The lowest BCUT2D eigenvalue weighted by atomic mass is 10.2. The minimum Gasteiger partial charge on any atom is -0.375 e. The Kier molecular flexibility index (Phi) is 4.37. The number of aromatic nitrogens is 2. The average Bonchev–Trinajstić information content (AvgIpc) is 2.73. The second kappa shape index (κ2) is 5.80. The van der Waals surface area contributed by atoms with Crippen molar-refractivity contribution in [2.24, 2.45) is 7.05 Å². The maximum Gasteiger partial charge on any atom is 0.0799 e. The summed E-state index contributed by atoms with van der Waals surface area (Å²) in [5.74, 6) is 0. The quantitative estimate of drug-likeness (QED) is 0.776. The Morgan fingerprint density at radius 2 is 2.50 bits per heavy atom. The highest BCUT2D eigenvalue weighted by Gasteiger charge is 2.18. The molecule has 90 valence electrons. The highest BCUT2D eigenvalue weighted by molar-refractivity contribution is 9.09. The predicted octanol–water partition coefficient (Wildman–Crippen LogP) is 1.06. The van der Waals surface area contributed by atoms with Crippen LogP contribution in [0.15, 0.2) is 12.4 Å². The van der Waals surface area contributed by atoms with Crippen molar-refractivity contribution in [1.82, 2.24) is 14.7 Å². The van der Waals surface area contributed by atoms with Crippen molar-refractivity contribution in [1.29, 1.82) is 0 Å². The summed E-state index contributed by atoms with van der Waals surface area (Å²) in [5, 5.41) is 5.10. The van der Waals surface area contributed by atoms with E-state index in [0.717, 1.165) is 38.0 Å². The summed E-state index contributed by atoms with van der Waals surface area (Å²) in [7, 11) is 1.96. The van der Waals surface area contributed by atoms with Crippen LogP contribution in [0.4, 0.5) is 0 Å². The Balaban J connectivity index is 1.77. The van der Waals surface area contributed by atoms with Gasteiger partial charge >= 0.3 is 0 Å². The molecule has 4 nitrogen and oxygen atoms in total. The van der Waals surface area contributed by atoms with E-state index in [-0.39, 0.29) is 0 Å². The van der Waals surface area contributed by atoms with E-state index in [2.05, 4.69) is 32.1 Å². The molecule has 1 aromatic heterocycles. The molecule has 1 saturated heterocycles. The molecule has 1 fully saturated rings. The van der Waals surface area contributed by atoms with E-state index in [0.29, 0.717) is 6.10 Å². The van der Waals surface area contributed by atoms with Crippen molar-refractivity contribution in [3.05, 3.63) is 18.0 Å². The molecule has 1 aromatic rings. The standard InChI is InChI=1S/C11H18BrN3O/c1-14-8-10(7-13-14)2-3-15-4-5-16-11(6-12)9-15/h7-8,11H,2-6,9H2,1H3. The predicted molar refractivity (Wildman–Crippen MR) is 66.9 cm³/mol. The van der Waals surface area contributed by atoms with Crippen molar-refractivity contribution >= 4 is 15.9 Å². The SMILES string of the molecule is Cn1cc(CCN2CCOC(CBr)C2)cn1. The van der Waals surface area contributed by atoms with E-state index < -0.39 is 0 Å². The number of rotatable bonds is 4. The van der Waals surface area contributed by atoms with Gasteiger partial charge in [-0.05, 0) is 12.0 Å². The third-order valence-corrected chi connectivity index (χ3v) is 3.59. The van der Waals surface area contributed by atoms with Gasteiger partial charge in [-0.15, -0.1) is 0 Å². The van der Waals surface area contributed by atoms with Gasteiger partial charge in [-0.25, -0.2) is 0 Å². The van der Waals surface area contributed by atoms with Crippen LogP contribution in [-0.2, 0) is 18.2 Å². The molecule has 0 amide bonds. The Bertz CT molecular complexity index is 329. The number of hydrogen-bond acceptors (Lipinski definition) is 3. The highest BCUT2D eigenvalue weighted by atomic mass is 79.9. The molecular weight excluding hydrogens is 270 g/mol. The number of halogens is 1. The van der Waals surface area contributed by atoms with Crippen LogP contribution in [0.2, 0.25) is 0 Å². The summed E-state index contributed by atoms with van der Waals surface area (Å²) in [4.78, 5) is 2.46. The van der Waals surface area contributed by atoms with Crippen molar-refractivity contribution < 1.29 is 4.74 Å². The minimum atomic E-state index is 0.350. The molecule has 0 N–H and O–H groups in total. The molecule has 16 heavy (non-hydrogen) atoms. The molecule has 5 heteroatoms. The van der Waals surface area contributed by atoms with Crippen LogP contribution in [-0.4, -0.2) is 52.4 Å². The van der Waals surface area contributed by atoms with Gasteiger partial charge in [0.2, 0.25) is 0 Å². The third kappa shape index (κ3) is 3.30. The van der Waals surface area contributed by atoms with Crippen LogP contribution >= 0.6 is 15.9 Å². The minimum absolute atomic E-state index is 0.350. The summed E-state index contributed by atoms with van der Waals surface area (Å²) in [5.41, 5.74) is 1.31. The van der Waals surface area contributed by atoms with E-state index in [1.165, 1.54) is 5.56 Å². The molecule has 0 spiro atoms. The second-order valence-electron chi connectivity index (χ2n) is 4.22. The normalized spacial score (nSPS) is 22.5. The lowest BCUT2D eigenvalue weighted by molar-refractivity contribution is -0.0146. The number of nitrogens with zero attached hydrogens (tertiary/aromatic N) is 3. The van der Waals surface area contributed by atoms with Crippen LogP contribution < -0.4 is 0 Å². The molecule has 2 heterocycles. The maximum absolute atomic E-state index is 5.61. The number of alkyl halides is 1. The summed E-state index contributed by atoms with van der Waals surface area (Å²) in [6.45, 7) is 4.02. The van der Waals surface area contributed by atoms with E-state index in [1.54, 1.807) is 0 Å². The summed E-state index contributed by atoms with van der Waals surface area (Å²) in [6.07, 6.45) is 5.45. The van der Waals surface area contributed by atoms with Gasteiger partial charge in [-0.3, -0.25) is 9.58 Å². The molecular formula is C11H18BrN3O. The first kappa shape index (κ1) is 12.1. The van der Waals surface area contributed by atoms with Gasteiger partial charge in [-0.2, -0.15) is 5.10 Å². The van der Waals surface area contributed by atoms with Gasteiger partial charge in [-0.1, -0.05) is 15.9 Å². The fourth-order valence-corrected chi connectivity index (χ4v) is 2.36. The second-order valence-corrected chi connectivity index (χ2v) is 4.87. The molecule has 0 aliphatic carbocycles. The van der Waals surface area contributed by atoms with E-state index in [9.17, 15) is 0 Å². The van der Waals surface area contributed by atoms with E-state index >= 15 is 0 Å². The number of hydrogen-bond donors (Lipinski definition) is 0. The largest absolute Gasteiger partial charge is 0.375 e. The molecule has 0 saturated carbocycles. The topological polar surface area (TPSA) is 30.3 Å². The monoisotopic (exact) mass is 287 g/mol. The van der Waals surface area contributed by atoms with E-state index in [4.69, 9.17) is 4.74 Å². The molecule has 0 bridgehead atoms. The van der Waals surface area contributed by atoms with Crippen LogP contribution in [0.3, 0.4) is 0 Å². The van der Waals surface area contributed by atoms with Crippen LogP contribution in [0.1, 0.15) is 5.56 Å². The number of aryl methyl sites for hydroxylation is 1. The van der Waals surface area contributed by atoms with Gasteiger partial charge < -0.3 is 4.74 Å². The fourth-order valence-electron chi connectivity index (χ4n) is 1.97. The van der Waals surface area contributed by atoms with Gasteiger partial charge in [0.05, 0.1) is 18.9 Å². The first-order valence-electron chi connectivity index (χ1n) is 5.65. The Labute approximate surface area is 105 Å². The maximum atomic E-state index is 5.61. The smallest absolute Gasteiger partial charge is 0.0799 e. The molecule has 1 atom stereocenters. The van der Waals surface area contributed by atoms with Gasteiger partial charge in [0.25, 0.3) is 0 Å². The number of morpholine rings is 1. The van der Waals surface area contributed by atoms with Gasteiger partial charge in [0.15, 0.2) is 0 Å². The van der Waals surface area contributed by atoms with Crippen molar-refractivity contribution in [3.63, 3.8) is 0 Å². The molecule has 0 aromatic carbocycles. The Morgan fingerprint density at radius 3 is 3.19 bits per heavy atom. The summed E-state index contributed by atoms with van der Waals surface area (Å²) < 4.78 is 7.47. The zero-order valence-electron chi connectivity index (χ0n) is 9.60. The Morgan fingerprint density at radius 1 is 1.62 bits per heavy atom. The van der Waals surface area contributed by atoms with Gasteiger partial charge in [0.1, 0.15) is 0 Å². The van der Waals surface area contributed by atoms with Crippen LogP contribution in [0.5, 0.6) is 0 Å². The van der Waals surface area contributed by atoms with Crippen molar-refractivity contribution in [3.8, 4) is 0 Å². The lowest BCUT2D eigenvalue weighted by Crippen LogP contribution is -2.43. The molecule has 1 aliphatic heterocycles. The summed E-state index contributed by atoms with van der Waals surface area (Å²) in [6, 6.07) is 0. The first-order valence-corrected chi connectivity index (χ1v) is 6.77. The van der Waals surface area contributed by atoms with Crippen LogP contribution in [0, 0.1) is 0 Å². The zero-order chi connectivity index (χ0) is 11.4. The highest BCUT2D eigenvalue weighted by Crippen LogP contribution is 2.08. The lowest BCUT2D eigenvalue weighted by Gasteiger charge is -2.31. The summed E-state index contributed by atoms with van der Waals surface area (Å²) >= 11 is 3.47. The number of ether oxygens (including phenoxy) is 1. The van der Waals surface area contributed by atoms with Crippen LogP contribution in [0.25, 0.3) is 0 Å². The molecule has 1 unspecified atom stereocenters. The van der Waals surface area contributed by atoms with Crippen molar-refractivity contribution in [2.45, 2.75) is 12.5 Å². The first-order chi connectivity index (χ1) is 7.78. The molecule has 1 aliphatic rings. The average molecular weight is 288 g/mol. The molecule has 0 radical (unpaired) electrons. The van der Waals surface area contributed by atoms with Crippen molar-refractivity contribution in [2.75, 3.05) is 31.6 Å².